The summed E-state index contributed by atoms with van der Waals surface area (Å²) in [6, 6.07) is 16.3. The van der Waals surface area contributed by atoms with Gasteiger partial charge in [-0.05, 0) is 24.1 Å². The number of hydrogen-bond donors (Lipinski definition) is 3. The summed E-state index contributed by atoms with van der Waals surface area (Å²) in [5.74, 6) is -1.56. The van der Waals surface area contributed by atoms with E-state index in [1.54, 1.807) is 24.3 Å². The van der Waals surface area contributed by atoms with Crippen LogP contribution < -0.4 is 16.4 Å². The monoisotopic (exact) mass is 491 g/mol. The van der Waals surface area contributed by atoms with Gasteiger partial charge >= 0.3 is 0 Å². The number of carbonyl (C=O) groups excluding carboxylic acids is 2. The molecule has 3 rings (SSSR count). The Morgan fingerprint density at radius 2 is 1.42 bits per heavy atom. The van der Waals surface area contributed by atoms with Crippen LogP contribution in [0.1, 0.15) is 87.1 Å². The Balaban J connectivity index is 1.59. The summed E-state index contributed by atoms with van der Waals surface area (Å²) in [4.78, 5) is 38.3. The minimum Gasteiger partial charge on any atom is -0.506 e. The van der Waals surface area contributed by atoms with Crippen molar-refractivity contribution in [3.63, 3.8) is 0 Å². The molecule has 0 aliphatic heterocycles. The molecule has 36 heavy (non-hydrogen) atoms. The lowest BCUT2D eigenvalue weighted by atomic mass is 10.1. The van der Waals surface area contributed by atoms with Gasteiger partial charge in [0, 0.05) is 11.8 Å². The topological polar surface area (TPSA) is 100 Å². The zero-order valence-electron chi connectivity index (χ0n) is 21.1. The second-order valence-electron chi connectivity index (χ2n) is 9.20. The number of hydrogen-bond acceptors (Lipinski definition) is 4. The van der Waals surface area contributed by atoms with Crippen molar-refractivity contribution in [1.29, 1.82) is 0 Å². The molecule has 1 heterocycles. The van der Waals surface area contributed by atoms with Crippen molar-refractivity contribution >= 4 is 22.7 Å². The Morgan fingerprint density at radius 1 is 0.806 bits per heavy atom. The summed E-state index contributed by atoms with van der Waals surface area (Å²) < 4.78 is 1.46. The van der Waals surface area contributed by atoms with Crippen LogP contribution in [0.5, 0.6) is 5.75 Å². The summed E-state index contributed by atoms with van der Waals surface area (Å²) in [5.41, 5.74) is 5.07. The Kier molecular flexibility index (Phi) is 10.5. The van der Waals surface area contributed by atoms with Crippen molar-refractivity contribution < 1.29 is 14.7 Å². The maximum atomic E-state index is 13.3. The second-order valence-corrected chi connectivity index (χ2v) is 9.20. The minimum absolute atomic E-state index is 0.242. The molecule has 0 aliphatic rings. The standard InChI is InChI=1S/C29H37N3O4/c1-2-3-4-5-6-7-8-9-13-20-25(33)30-31-28(35)26-27(34)23-18-14-15-19-24(23)32(29(26)36)21-22-16-11-10-12-17-22/h10-12,14-19,34H,2-9,13,20-21H2,1H3,(H,30,33)(H,31,35). The highest BCUT2D eigenvalue weighted by atomic mass is 16.3. The van der Waals surface area contributed by atoms with E-state index in [-0.39, 0.29) is 18.9 Å². The molecular weight excluding hydrogens is 454 g/mol. The second kappa shape index (κ2) is 14.1. The lowest BCUT2D eigenvalue weighted by Crippen LogP contribution is -2.44. The molecule has 0 spiro atoms. The van der Waals surface area contributed by atoms with E-state index in [4.69, 9.17) is 0 Å². The van der Waals surface area contributed by atoms with Gasteiger partial charge in [-0.15, -0.1) is 0 Å². The van der Waals surface area contributed by atoms with Gasteiger partial charge in [0.25, 0.3) is 11.5 Å². The highest BCUT2D eigenvalue weighted by Gasteiger charge is 2.22. The van der Waals surface area contributed by atoms with Crippen molar-refractivity contribution in [3.05, 3.63) is 76.1 Å². The Morgan fingerprint density at radius 3 is 2.11 bits per heavy atom. The minimum atomic E-state index is -0.842. The quantitative estimate of drug-likeness (QED) is 0.219. The summed E-state index contributed by atoms with van der Waals surface area (Å²) >= 11 is 0. The van der Waals surface area contributed by atoms with Crippen LogP contribution in [0.2, 0.25) is 0 Å². The number of nitrogens with one attached hydrogen (secondary N) is 2. The number of benzene rings is 2. The fourth-order valence-electron chi connectivity index (χ4n) is 4.36. The van der Waals surface area contributed by atoms with Crippen molar-refractivity contribution in [2.45, 2.75) is 77.7 Å². The largest absolute Gasteiger partial charge is 0.506 e. The molecule has 3 aromatic rings. The molecule has 0 fully saturated rings. The average Bonchev–Trinajstić information content (AvgIpc) is 2.89. The first-order valence-electron chi connectivity index (χ1n) is 13.0. The Bertz CT molecular complexity index is 1200. The zero-order valence-corrected chi connectivity index (χ0v) is 21.1. The van der Waals surface area contributed by atoms with E-state index >= 15 is 0 Å². The van der Waals surface area contributed by atoms with E-state index in [1.807, 2.05) is 30.3 Å². The third kappa shape index (κ3) is 7.44. The van der Waals surface area contributed by atoms with Crippen molar-refractivity contribution in [3.8, 4) is 5.75 Å². The van der Waals surface area contributed by atoms with E-state index < -0.39 is 22.8 Å². The van der Waals surface area contributed by atoms with Crippen LogP contribution in [0.4, 0.5) is 0 Å². The van der Waals surface area contributed by atoms with Crippen LogP contribution in [-0.2, 0) is 11.3 Å². The molecule has 0 unspecified atom stereocenters. The van der Waals surface area contributed by atoms with Crippen LogP contribution in [0, 0.1) is 0 Å². The summed E-state index contributed by atoms with van der Waals surface area (Å²) in [5, 5.41) is 11.1. The van der Waals surface area contributed by atoms with Crippen LogP contribution >= 0.6 is 0 Å². The van der Waals surface area contributed by atoms with E-state index in [1.165, 1.54) is 43.1 Å². The molecule has 0 atom stereocenters. The van der Waals surface area contributed by atoms with Crippen molar-refractivity contribution in [2.75, 3.05) is 0 Å². The number of pyridine rings is 1. The van der Waals surface area contributed by atoms with Gasteiger partial charge in [-0.1, -0.05) is 101 Å². The molecule has 7 nitrogen and oxygen atoms in total. The Hall–Kier alpha value is -3.61. The molecule has 7 heteroatoms. The molecule has 192 valence electrons. The maximum absolute atomic E-state index is 13.3. The number of carbonyl (C=O) groups is 2. The van der Waals surface area contributed by atoms with Gasteiger partial charge in [-0.2, -0.15) is 0 Å². The molecule has 2 aromatic carbocycles. The maximum Gasteiger partial charge on any atom is 0.279 e. The fourth-order valence-corrected chi connectivity index (χ4v) is 4.36. The highest BCUT2D eigenvalue weighted by molar-refractivity contribution is 6.02. The van der Waals surface area contributed by atoms with Crippen LogP contribution in [-0.4, -0.2) is 21.5 Å². The number of hydrazine groups is 1. The number of para-hydroxylation sites is 1. The molecule has 0 radical (unpaired) electrons. The Labute approximate surface area is 212 Å². The molecule has 0 saturated heterocycles. The number of nitrogens with zero attached hydrogens (tertiary/aromatic N) is 1. The highest BCUT2D eigenvalue weighted by Crippen LogP contribution is 2.26. The van der Waals surface area contributed by atoms with Gasteiger partial charge in [-0.25, -0.2) is 0 Å². The first kappa shape index (κ1) is 27.0. The predicted octanol–water partition coefficient (Wildman–Crippen LogP) is 5.44. The molecule has 2 amide bonds. The van der Waals surface area contributed by atoms with Gasteiger partial charge in [0.1, 0.15) is 11.3 Å². The predicted molar refractivity (Wildman–Crippen MR) is 143 cm³/mol. The SMILES string of the molecule is CCCCCCCCCCCC(=O)NNC(=O)c1c(O)c2ccccc2n(Cc2ccccc2)c1=O. The van der Waals surface area contributed by atoms with Crippen molar-refractivity contribution in [1.82, 2.24) is 15.4 Å². The van der Waals surface area contributed by atoms with Gasteiger partial charge in [0.2, 0.25) is 5.91 Å². The molecule has 0 aliphatic carbocycles. The first-order chi connectivity index (χ1) is 17.5. The van der Waals surface area contributed by atoms with Gasteiger partial charge < -0.3 is 9.67 Å². The number of aromatic nitrogens is 1. The number of amides is 2. The van der Waals surface area contributed by atoms with Gasteiger partial charge in [-0.3, -0.25) is 25.2 Å². The third-order valence-corrected chi connectivity index (χ3v) is 6.38. The van der Waals surface area contributed by atoms with E-state index in [2.05, 4.69) is 17.8 Å². The molecular formula is C29H37N3O4. The van der Waals surface area contributed by atoms with Gasteiger partial charge in [0.05, 0.1) is 12.1 Å². The lowest BCUT2D eigenvalue weighted by molar-refractivity contribution is -0.122. The molecule has 0 saturated carbocycles. The molecule has 3 N–H and O–H groups in total. The fraction of sp³-hybridized carbons (Fsp3) is 0.414. The smallest absolute Gasteiger partial charge is 0.279 e. The van der Waals surface area contributed by atoms with E-state index in [0.717, 1.165) is 24.8 Å². The first-order valence-corrected chi connectivity index (χ1v) is 13.0. The summed E-state index contributed by atoms with van der Waals surface area (Å²) in [6.07, 6.45) is 10.6. The average molecular weight is 492 g/mol. The normalized spacial score (nSPS) is 10.9. The third-order valence-electron chi connectivity index (χ3n) is 6.38. The molecule has 0 bridgehead atoms. The van der Waals surface area contributed by atoms with Crippen LogP contribution in [0.3, 0.4) is 0 Å². The van der Waals surface area contributed by atoms with Crippen LogP contribution in [0.25, 0.3) is 10.9 Å². The lowest BCUT2D eigenvalue weighted by Gasteiger charge is -2.15. The van der Waals surface area contributed by atoms with Gasteiger partial charge in [0.15, 0.2) is 0 Å². The summed E-state index contributed by atoms with van der Waals surface area (Å²) in [6.45, 7) is 2.45. The zero-order chi connectivity index (χ0) is 25.8. The van der Waals surface area contributed by atoms with Crippen molar-refractivity contribution in [2.24, 2.45) is 0 Å². The number of aromatic hydroxyl groups is 1. The van der Waals surface area contributed by atoms with Crippen LogP contribution in [0.15, 0.2) is 59.4 Å². The number of fused-ring (bicyclic) bond motifs is 1. The van der Waals surface area contributed by atoms with E-state index in [9.17, 15) is 19.5 Å². The number of rotatable bonds is 13. The number of unbranched alkanes of at least 4 members (excludes halogenated alkanes) is 8. The molecule has 1 aromatic heterocycles. The van der Waals surface area contributed by atoms with E-state index in [0.29, 0.717) is 10.9 Å². The summed E-state index contributed by atoms with van der Waals surface area (Å²) in [7, 11) is 0.